The monoisotopic (exact) mass is 404 g/mol. The molecule has 0 radical (unpaired) electrons. The topological polar surface area (TPSA) is 87.5 Å². The van der Waals surface area contributed by atoms with Crippen molar-refractivity contribution in [2.45, 2.75) is 17.9 Å². The summed E-state index contributed by atoms with van der Waals surface area (Å²) >= 11 is 6.02. The number of carbonyl (C=O) groups excluding carboxylic acids is 1. The third kappa shape index (κ3) is 4.67. The van der Waals surface area contributed by atoms with Crippen LogP contribution in [-0.4, -0.2) is 27.0 Å². The quantitative estimate of drug-likeness (QED) is 0.517. The Labute approximate surface area is 163 Å². The Bertz CT molecular complexity index is 985. The van der Waals surface area contributed by atoms with E-state index in [4.69, 9.17) is 21.6 Å². The standard InChI is InChI=1S/C19H17ClN2O4S/c1-3-11-22(15-7-5-4-6-8-15)27(24,25)16-9-10-18(20)17(12-16)19(23)26-14(2)13-21/h3-10,12,14H,1,11H2,2H3. The molecule has 0 aromatic heterocycles. The van der Waals surface area contributed by atoms with Gasteiger partial charge in [0, 0.05) is 0 Å². The van der Waals surface area contributed by atoms with Crippen molar-refractivity contribution in [3.05, 3.63) is 71.8 Å². The number of benzene rings is 2. The highest BCUT2D eigenvalue weighted by atomic mass is 35.5. The van der Waals surface area contributed by atoms with Crippen molar-refractivity contribution in [3.8, 4) is 6.07 Å². The first-order chi connectivity index (χ1) is 12.8. The number of halogens is 1. The molecule has 6 nitrogen and oxygen atoms in total. The van der Waals surface area contributed by atoms with Crippen molar-refractivity contribution in [1.29, 1.82) is 5.26 Å². The number of para-hydroxylation sites is 1. The molecule has 140 valence electrons. The van der Waals surface area contributed by atoms with Gasteiger partial charge < -0.3 is 4.74 Å². The van der Waals surface area contributed by atoms with Crippen LogP contribution in [-0.2, 0) is 14.8 Å². The third-order valence-electron chi connectivity index (χ3n) is 3.55. The average Bonchev–Trinajstić information content (AvgIpc) is 2.66. The largest absolute Gasteiger partial charge is 0.444 e. The Balaban J connectivity index is 2.49. The van der Waals surface area contributed by atoms with Crippen molar-refractivity contribution in [2.75, 3.05) is 10.8 Å². The number of nitriles is 1. The highest BCUT2D eigenvalue weighted by molar-refractivity contribution is 7.92. The molecule has 0 saturated carbocycles. The highest BCUT2D eigenvalue weighted by Gasteiger charge is 2.26. The fraction of sp³-hybridized carbons (Fsp3) is 0.158. The van der Waals surface area contributed by atoms with Gasteiger partial charge >= 0.3 is 5.97 Å². The van der Waals surface area contributed by atoms with Crippen LogP contribution in [0.25, 0.3) is 0 Å². The Morgan fingerprint density at radius 2 is 2.00 bits per heavy atom. The van der Waals surface area contributed by atoms with Crippen LogP contribution in [0.15, 0.2) is 66.1 Å². The fourth-order valence-electron chi connectivity index (χ4n) is 2.25. The van der Waals surface area contributed by atoms with E-state index in [0.717, 1.165) is 10.4 Å². The lowest BCUT2D eigenvalue weighted by Gasteiger charge is -2.23. The number of rotatable bonds is 7. The number of nitrogens with zero attached hydrogens (tertiary/aromatic N) is 2. The van der Waals surface area contributed by atoms with Gasteiger partial charge in [-0.25, -0.2) is 13.2 Å². The lowest BCUT2D eigenvalue weighted by molar-refractivity contribution is 0.0435. The van der Waals surface area contributed by atoms with Gasteiger partial charge in [0.25, 0.3) is 10.0 Å². The van der Waals surface area contributed by atoms with Gasteiger partial charge in [-0.3, -0.25) is 4.31 Å². The fourth-order valence-corrected chi connectivity index (χ4v) is 3.91. The molecule has 1 atom stereocenters. The molecule has 0 aliphatic rings. The van der Waals surface area contributed by atoms with Crippen LogP contribution in [0.5, 0.6) is 0 Å². The molecule has 0 amide bonds. The summed E-state index contributed by atoms with van der Waals surface area (Å²) in [5.74, 6) is -0.874. The summed E-state index contributed by atoms with van der Waals surface area (Å²) in [5, 5.41) is 8.80. The van der Waals surface area contributed by atoms with Gasteiger partial charge in [0.1, 0.15) is 6.07 Å². The van der Waals surface area contributed by atoms with Crippen LogP contribution >= 0.6 is 11.6 Å². The summed E-state index contributed by atoms with van der Waals surface area (Å²) in [5.41, 5.74) is 0.320. The molecule has 0 aliphatic carbocycles. The smallest absolute Gasteiger partial charge is 0.340 e. The molecule has 27 heavy (non-hydrogen) atoms. The van der Waals surface area contributed by atoms with Gasteiger partial charge in [0.05, 0.1) is 27.7 Å². The number of anilines is 1. The summed E-state index contributed by atoms with van der Waals surface area (Å²) in [6.07, 6.45) is 0.472. The summed E-state index contributed by atoms with van der Waals surface area (Å²) in [6.45, 7) is 5.04. The summed E-state index contributed by atoms with van der Waals surface area (Å²) in [6, 6.07) is 14.0. The van der Waals surface area contributed by atoms with Gasteiger partial charge in [0.2, 0.25) is 0 Å². The summed E-state index contributed by atoms with van der Waals surface area (Å²) in [4.78, 5) is 12.1. The van der Waals surface area contributed by atoms with Crippen LogP contribution < -0.4 is 4.31 Å². The van der Waals surface area contributed by atoms with Crippen LogP contribution in [0.1, 0.15) is 17.3 Å². The maximum absolute atomic E-state index is 13.1. The summed E-state index contributed by atoms with van der Waals surface area (Å²) < 4.78 is 32.3. The molecule has 0 heterocycles. The van der Waals surface area contributed by atoms with Crippen LogP contribution in [0, 0.1) is 11.3 Å². The summed E-state index contributed by atoms with van der Waals surface area (Å²) in [7, 11) is -3.99. The number of hydrogen-bond donors (Lipinski definition) is 0. The molecular weight excluding hydrogens is 388 g/mol. The first kappa shape index (κ1) is 20.5. The van der Waals surface area contributed by atoms with Gasteiger partial charge in [0.15, 0.2) is 6.10 Å². The molecular formula is C19H17ClN2O4S. The predicted molar refractivity (Wildman–Crippen MR) is 103 cm³/mol. The molecule has 1 unspecified atom stereocenters. The second-order valence-corrected chi connectivity index (χ2v) is 7.75. The lowest BCUT2D eigenvalue weighted by Crippen LogP contribution is -2.31. The number of carbonyl (C=O) groups is 1. The molecule has 0 saturated heterocycles. The van der Waals surface area contributed by atoms with Gasteiger partial charge in [-0.15, -0.1) is 6.58 Å². The molecule has 2 aromatic carbocycles. The SMILES string of the molecule is C=CCN(c1ccccc1)S(=O)(=O)c1ccc(Cl)c(C(=O)OC(C)C#N)c1. The van der Waals surface area contributed by atoms with Gasteiger partial charge in [-0.2, -0.15) is 5.26 Å². The first-order valence-electron chi connectivity index (χ1n) is 7.90. The number of hydrogen-bond acceptors (Lipinski definition) is 5. The molecule has 2 rings (SSSR count). The number of esters is 1. The zero-order chi connectivity index (χ0) is 20.0. The average molecular weight is 405 g/mol. The lowest BCUT2D eigenvalue weighted by atomic mass is 10.2. The molecule has 0 bridgehead atoms. The van der Waals surface area contributed by atoms with Crippen molar-refractivity contribution in [3.63, 3.8) is 0 Å². The molecule has 8 heteroatoms. The van der Waals surface area contributed by atoms with E-state index in [2.05, 4.69) is 6.58 Å². The minimum atomic E-state index is -3.99. The second kappa shape index (κ2) is 8.71. The number of ether oxygens (including phenoxy) is 1. The third-order valence-corrected chi connectivity index (χ3v) is 5.67. The van der Waals surface area contributed by atoms with E-state index >= 15 is 0 Å². The van der Waals surface area contributed by atoms with Crippen LogP contribution in [0.3, 0.4) is 0 Å². The molecule has 0 aliphatic heterocycles. The van der Waals surface area contributed by atoms with E-state index < -0.39 is 22.1 Å². The zero-order valence-corrected chi connectivity index (χ0v) is 16.1. The molecule has 2 aromatic rings. The second-order valence-electron chi connectivity index (χ2n) is 5.48. The van der Waals surface area contributed by atoms with E-state index in [9.17, 15) is 13.2 Å². The first-order valence-corrected chi connectivity index (χ1v) is 9.72. The van der Waals surface area contributed by atoms with Crippen LogP contribution in [0.4, 0.5) is 5.69 Å². The minimum absolute atomic E-state index is 0.0269. The zero-order valence-electron chi connectivity index (χ0n) is 14.5. The van der Waals surface area contributed by atoms with E-state index in [1.807, 2.05) is 0 Å². The maximum Gasteiger partial charge on any atom is 0.340 e. The van der Waals surface area contributed by atoms with E-state index in [1.54, 1.807) is 36.4 Å². The van der Waals surface area contributed by atoms with E-state index in [-0.39, 0.29) is 22.0 Å². The van der Waals surface area contributed by atoms with E-state index in [0.29, 0.717) is 5.69 Å². The number of sulfonamides is 1. The van der Waals surface area contributed by atoms with Crippen molar-refractivity contribution < 1.29 is 17.9 Å². The van der Waals surface area contributed by atoms with Crippen molar-refractivity contribution >= 4 is 33.3 Å². The Morgan fingerprint density at radius 3 is 2.59 bits per heavy atom. The Kier molecular flexibility index (Phi) is 6.61. The molecule has 0 fully saturated rings. The van der Waals surface area contributed by atoms with Gasteiger partial charge in [-0.1, -0.05) is 35.9 Å². The molecule has 0 N–H and O–H groups in total. The van der Waals surface area contributed by atoms with Crippen LogP contribution in [0.2, 0.25) is 5.02 Å². The minimum Gasteiger partial charge on any atom is -0.444 e. The predicted octanol–water partition coefficient (Wildman–Crippen LogP) is 3.79. The highest BCUT2D eigenvalue weighted by Crippen LogP contribution is 2.27. The Hall–Kier alpha value is -2.82. The molecule has 0 spiro atoms. The van der Waals surface area contributed by atoms with E-state index in [1.165, 1.54) is 25.1 Å². The Morgan fingerprint density at radius 1 is 1.33 bits per heavy atom. The van der Waals surface area contributed by atoms with Gasteiger partial charge in [-0.05, 0) is 37.3 Å². The van der Waals surface area contributed by atoms with Crippen molar-refractivity contribution in [2.24, 2.45) is 0 Å². The van der Waals surface area contributed by atoms with Crippen molar-refractivity contribution in [1.82, 2.24) is 0 Å². The maximum atomic E-state index is 13.1. The normalized spacial score (nSPS) is 11.9.